The molecule has 210 valence electrons. The van der Waals surface area contributed by atoms with Crippen molar-refractivity contribution < 1.29 is 31.8 Å². The number of amides is 2. The van der Waals surface area contributed by atoms with Crippen LogP contribution in [0.25, 0.3) is 0 Å². The van der Waals surface area contributed by atoms with Crippen LogP contribution >= 0.6 is 0 Å². The van der Waals surface area contributed by atoms with E-state index in [4.69, 9.17) is 17.7 Å². The molecule has 2 bridgehead atoms. The van der Waals surface area contributed by atoms with Crippen LogP contribution in [0.5, 0.6) is 0 Å². The highest BCUT2D eigenvalue weighted by Gasteiger charge is 2.67. The molecule has 0 aromatic heterocycles. The number of ether oxygens (including phenoxy) is 1. The smallest absolute Gasteiger partial charge is 0.236 e. The molecule has 0 aliphatic carbocycles. The lowest BCUT2D eigenvalue weighted by Crippen LogP contribution is -2.44. The van der Waals surface area contributed by atoms with Crippen molar-refractivity contribution in [2.45, 2.75) is 109 Å². The van der Waals surface area contributed by atoms with Gasteiger partial charge in [-0.1, -0.05) is 58.3 Å². The molecule has 2 amide bonds. The average Bonchev–Trinajstić information content (AvgIpc) is 3.37. The topological polar surface area (TPSA) is 104 Å². The van der Waals surface area contributed by atoms with Crippen molar-refractivity contribution in [3.05, 3.63) is 0 Å². The molecule has 3 aliphatic rings. The van der Waals surface area contributed by atoms with Crippen LogP contribution in [0.1, 0.15) is 97.3 Å². The third-order valence-electron chi connectivity index (χ3n) is 8.11. The van der Waals surface area contributed by atoms with Gasteiger partial charge in [0.05, 0.1) is 60.8 Å². The second-order valence-electron chi connectivity index (χ2n) is 12.0. The molecular weight excluding hydrogens is 480 g/mol. The van der Waals surface area contributed by atoms with Crippen LogP contribution in [0.3, 0.4) is 0 Å². The molecule has 3 fully saturated rings. The number of imide groups is 1. The monoisotopic (exact) mass is 530 g/mol. The number of hydrogen-bond donors (Lipinski definition) is 0. The largest absolute Gasteiger partial charge is 0.748 e. The van der Waals surface area contributed by atoms with Crippen LogP contribution in [-0.4, -0.2) is 85.9 Å². The Labute approximate surface area is 219 Å². The van der Waals surface area contributed by atoms with Crippen molar-refractivity contribution in [2.24, 2.45) is 11.8 Å². The maximum atomic E-state index is 12.9. The molecule has 36 heavy (non-hydrogen) atoms. The number of unbranched alkanes of at least 4 members (excludes halogenated alkanes) is 9. The van der Waals surface area contributed by atoms with Crippen LogP contribution in [0.2, 0.25) is 0 Å². The number of hydrogen-bond acceptors (Lipinski definition) is 6. The fraction of sp³-hybridized carbons (Fsp3) is 0.926. The lowest BCUT2D eigenvalue weighted by atomic mass is 9.74. The molecule has 0 spiro atoms. The minimum atomic E-state index is -3.92. The summed E-state index contributed by atoms with van der Waals surface area (Å²) < 4.78 is 34.2. The van der Waals surface area contributed by atoms with Crippen LogP contribution < -0.4 is 0 Å². The Hall–Kier alpha value is -1.03. The Bertz CT molecular complexity index is 822. The van der Waals surface area contributed by atoms with Gasteiger partial charge < -0.3 is 13.8 Å². The first-order valence-corrected chi connectivity index (χ1v) is 15.9. The molecule has 0 aromatic carbocycles. The zero-order chi connectivity index (χ0) is 27.0. The molecule has 4 atom stereocenters. The van der Waals surface area contributed by atoms with Crippen molar-refractivity contribution in [2.75, 3.05) is 40.0 Å². The summed E-state index contributed by atoms with van der Waals surface area (Å²) in [6.07, 6.45) is 17.0. The summed E-state index contributed by atoms with van der Waals surface area (Å²) in [6, 6.07) is 0. The number of rotatable bonds is 15. The summed E-state index contributed by atoms with van der Waals surface area (Å²) in [7, 11) is 0.649. The van der Waals surface area contributed by atoms with E-state index in [1.54, 1.807) is 4.90 Å². The van der Waals surface area contributed by atoms with Crippen LogP contribution in [-0.2, 0) is 24.4 Å². The molecular formula is C27H50N2O6S. The minimum Gasteiger partial charge on any atom is -0.748 e. The van der Waals surface area contributed by atoms with Gasteiger partial charge in [0.2, 0.25) is 11.8 Å². The lowest BCUT2D eigenvalue weighted by molar-refractivity contribution is -0.890. The first-order valence-electron chi connectivity index (χ1n) is 14.0. The molecule has 0 saturated carbocycles. The molecule has 8 nitrogen and oxygen atoms in total. The quantitative estimate of drug-likeness (QED) is 0.137. The summed E-state index contributed by atoms with van der Waals surface area (Å²) in [4.78, 5) is 27.4. The zero-order valence-corrected chi connectivity index (χ0v) is 24.1. The van der Waals surface area contributed by atoms with Gasteiger partial charge >= 0.3 is 0 Å². The van der Waals surface area contributed by atoms with Crippen LogP contribution in [0.15, 0.2) is 0 Å². The average molecular weight is 531 g/mol. The van der Waals surface area contributed by atoms with Gasteiger partial charge in [-0.25, -0.2) is 8.42 Å². The minimum absolute atomic E-state index is 0.0275. The molecule has 0 N–H and O–H groups in total. The van der Waals surface area contributed by atoms with Crippen LogP contribution in [0, 0.1) is 11.8 Å². The molecule has 3 heterocycles. The van der Waals surface area contributed by atoms with E-state index in [1.807, 2.05) is 6.92 Å². The first-order chi connectivity index (χ1) is 16.8. The van der Waals surface area contributed by atoms with Gasteiger partial charge in [0, 0.05) is 19.2 Å². The number of carbonyl (C=O) groups is 2. The molecule has 0 aromatic rings. The Morgan fingerprint density at radius 1 is 0.944 bits per heavy atom. The second kappa shape index (κ2) is 13.7. The van der Waals surface area contributed by atoms with E-state index in [0.29, 0.717) is 12.8 Å². The van der Waals surface area contributed by atoms with E-state index in [0.717, 1.165) is 30.3 Å². The maximum absolute atomic E-state index is 12.9. The van der Waals surface area contributed by atoms with Crippen molar-refractivity contribution in [3.63, 3.8) is 0 Å². The maximum Gasteiger partial charge on any atom is 0.236 e. The van der Waals surface area contributed by atoms with E-state index in [-0.39, 0.29) is 29.8 Å². The van der Waals surface area contributed by atoms with E-state index < -0.39 is 15.7 Å². The van der Waals surface area contributed by atoms with Gasteiger partial charge in [0.1, 0.15) is 0 Å². The molecule has 9 heteroatoms. The van der Waals surface area contributed by atoms with Crippen molar-refractivity contribution in [1.29, 1.82) is 0 Å². The molecule has 3 rings (SSSR count). The highest BCUT2D eigenvalue weighted by atomic mass is 32.2. The summed E-state index contributed by atoms with van der Waals surface area (Å²) in [5.41, 5.74) is -0.401. The third kappa shape index (κ3) is 9.37. The summed E-state index contributed by atoms with van der Waals surface area (Å²) in [6.45, 7) is 7.07. The van der Waals surface area contributed by atoms with Gasteiger partial charge in [-0.05, 0) is 32.6 Å². The van der Waals surface area contributed by atoms with Crippen molar-refractivity contribution in [1.82, 2.24) is 4.90 Å². The fourth-order valence-electron chi connectivity index (χ4n) is 6.16. The number of likely N-dealkylation sites (tertiary alicyclic amines) is 1. The predicted molar refractivity (Wildman–Crippen MR) is 140 cm³/mol. The third-order valence-corrected chi connectivity index (χ3v) is 8.11. The second-order valence-corrected chi connectivity index (χ2v) is 13.4. The van der Waals surface area contributed by atoms with E-state index >= 15 is 0 Å². The Morgan fingerprint density at radius 3 is 1.97 bits per heavy atom. The standard InChI is InChI=1S/C26H47N2O3.CH4O3S/c1-5-6-7-8-9-10-11-12-13-14-19-28(3,4)20-15-18-27-24(29)22-21-16-17-26(2,31-21)23(22)25(27)30;1-5(2,3)4/h21-23H,5-20H2,1-4H3;1H3,(H,2,3,4)/q+1;/p-1/t21-,22-,23+,26+;/m1./s1. The number of fused-ring (bicyclic) bond motifs is 5. The van der Waals surface area contributed by atoms with Gasteiger partial charge in [0.15, 0.2) is 0 Å². The van der Waals surface area contributed by atoms with Gasteiger partial charge in [0.25, 0.3) is 0 Å². The molecule has 3 aliphatic heterocycles. The summed E-state index contributed by atoms with van der Waals surface area (Å²) in [5.74, 6) is -0.378. The van der Waals surface area contributed by atoms with Crippen LogP contribution in [0.4, 0.5) is 0 Å². The molecule has 3 saturated heterocycles. The highest BCUT2D eigenvalue weighted by molar-refractivity contribution is 7.84. The normalized spacial score (nSPS) is 27.4. The number of carbonyl (C=O) groups excluding carboxylic acids is 2. The van der Waals surface area contributed by atoms with Gasteiger partial charge in [-0.3, -0.25) is 14.5 Å². The van der Waals surface area contributed by atoms with E-state index in [9.17, 15) is 9.59 Å². The highest BCUT2D eigenvalue weighted by Crippen LogP contribution is 2.54. The van der Waals surface area contributed by atoms with E-state index in [1.165, 1.54) is 70.8 Å². The predicted octanol–water partition coefficient (Wildman–Crippen LogP) is 4.09. The van der Waals surface area contributed by atoms with Crippen molar-refractivity contribution >= 4 is 21.9 Å². The summed E-state index contributed by atoms with van der Waals surface area (Å²) in [5, 5.41) is 0. The Morgan fingerprint density at radius 2 is 1.44 bits per heavy atom. The Kier molecular flexibility index (Phi) is 11.8. The van der Waals surface area contributed by atoms with E-state index in [2.05, 4.69) is 21.0 Å². The Balaban J connectivity index is 0.000000830. The zero-order valence-electron chi connectivity index (χ0n) is 23.3. The molecule has 0 radical (unpaired) electrons. The lowest BCUT2D eigenvalue weighted by Gasteiger charge is -2.31. The fourth-order valence-corrected chi connectivity index (χ4v) is 6.16. The molecule has 0 unspecified atom stereocenters. The van der Waals surface area contributed by atoms with Crippen molar-refractivity contribution in [3.8, 4) is 0 Å². The number of quaternary nitrogens is 1. The number of nitrogens with zero attached hydrogens (tertiary/aromatic N) is 2. The SMILES string of the molecule is CCCCCCCCCCCC[N+](C)(C)CCCN1C(=O)[C@H]2[C@@H](C1=O)[C@]1(C)CC[C@H]2O1.CS(=O)(=O)[O-]. The van der Waals surface area contributed by atoms with Gasteiger partial charge in [-0.2, -0.15) is 0 Å². The summed E-state index contributed by atoms with van der Waals surface area (Å²) >= 11 is 0. The first kappa shape index (κ1) is 31.2. The van der Waals surface area contributed by atoms with Gasteiger partial charge in [-0.15, -0.1) is 0 Å².